The first-order chi connectivity index (χ1) is 9.76. The Balaban J connectivity index is 1.49. The van der Waals surface area contributed by atoms with Gasteiger partial charge in [-0.15, -0.1) is 0 Å². The van der Waals surface area contributed by atoms with Crippen molar-refractivity contribution in [1.82, 2.24) is 5.32 Å². The highest BCUT2D eigenvalue weighted by atomic mass is 32.2. The molecule has 1 nitrogen and oxygen atoms in total. The maximum Gasteiger partial charge on any atom is 0.123 e. The van der Waals surface area contributed by atoms with Crippen LogP contribution in [-0.4, -0.2) is 23.6 Å². The van der Waals surface area contributed by atoms with Crippen LogP contribution in [-0.2, 0) is 0 Å². The molecule has 1 aromatic rings. The van der Waals surface area contributed by atoms with Gasteiger partial charge in [-0.1, -0.05) is 25.0 Å². The largest absolute Gasteiger partial charge is 0.310 e. The van der Waals surface area contributed by atoms with Gasteiger partial charge in [0.25, 0.3) is 0 Å². The summed E-state index contributed by atoms with van der Waals surface area (Å²) >= 11 is 2.03. The molecule has 2 aliphatic carbocycles. The highest BCUT2D eigenvalue weighted by Crippen LogP contribution is 2.38. The number of thioether (sulfide) groups is 1. The smallest absolute Gasteiger partial charge is 0.123 e. The number of benzene rings is 1. The summed E-state index contributed by atoms with van der Waals surface area (Å²) in [7, 11) is 0. The van der Waals surface area contributed by atoms with E-state index in [1.165, 1.54) is 44.1 Å². The number of hydrogen-bond acceptors (Lipinski definition) is 2. The van der Waals surface area contributed by atoms with Crippen LogP contribution in [0.2, 0.25) is 0 Å². The molecule has 2 atom stereocenters. The van der Waals surface area contributed by atoms with Crippen LogP contribution >= 0.6 is 11.8 Å². The zero-order valence-corrected chi connectivity index (χ0v) is 13.0. The molecule has 0 aliphatic heterocycles. The minimum Gasteiger partial charge on any atom is -0.310 e. The first kappa shape index (κ1) is 14.4. The van der Waals surface area contributed by atoms with Crippen LogP contribution in [0.5, 0.6) is 0 Å². The summed E-state index contributed by atoms with van der Waals surface area (Å²) < 4.78 is 12.9. The van der Waals surface area contributed by atoms with Crippen molar-refractivity contribution in [3.63, 3.8) is 0 Å². The Morgan fingerprint density at radius 3 is 2.50 bits per heavy atom. The monoisotopic (exact) mass is 293 g/mol. The van der Waals surface area contributed by atoms with Crippen LogP contribution in [0.25, 0.3) is 0 Å². The van der Waals surface area contributed by atoms with Crippen LogP contribution in [0.1, 0.15) is 50.0 Å². The number of rotatable bonds is 4. The third-order valence-electron chi connectivity index (χ3n) is 4.93. The molecule has 20 heavy (non-hydrogen) atoms. The lowest BCUT2D eigenvalue weighted by Crippen LogP contribution is -2.50. The van der Waals surface area contributed by atoms with Crippen molar-refractivity contribution in [3.8, 4) is 0 Å². The normalized spacial score (nSPS) is 33.7. The van der Waals surface area contributed by atoms with Gasteiger partial charge >= 0.3 is 0 Å². The van der Waals surface area contributed by atoms with Crippen LogP contribution in [0.4, 0.5) is 4.39 Å². The Bertz CT molecular complexity index is 427. The lowest BCUT2D eigenvalue weighted by atomic mass is 9.75. The molecule has 0 spiro atoms. The van der Waals surface area contributed by atoms with Crippen LogP contribution in [0.3, 0.4) is 0 Å². The molecule has 0 amide bonds. The van der Waals surface area contributed by atoms with E-state index >= 15 is 0 Å². The van der Waals surface area contributed by atoms with Gasteiger partial charge in [-0.3, -0.25) is 0 Å². The van der Waals surface area contributed by atoms with Gasteiger partial charge in [-0.2, -0.15) is 11.8 Å². The molecular formula is C17H24FNS. The summed E-state index contributed by atoms with van der Waals surface area (Å²) in [4.78, 5) is 0. The minimum atomic E-state index is -0.132. The van der Waals surface area contributed by atoms with Gasteiger partial charge in [0.2, 0.25) is 0 Å². The first-order valence-corrected chi connectivity index (χ1v) is 9.09. The maximum absolute atomic E-state index is 12.9. The van der Waals surface area contributed by atoms with Crippen molar-refractivity contribution < 1.29 is 4.39 Å². The predicted octanol–water partition coefficient (Wildman–Crippen LogP) is 4.34. The molecule has 2 aliphatic rings. The molecule has 2 unspecified atom stereocenters. The van der Waals surface area contributed by atoms with Gasteiger partial charge < -0.3 is 5.32 Å². The maximum atomic E-state index is 12.9. The molecule has 0 bridgehead atoms. The average molecular weight is 293 g/mol. The highest BCUT2D eigenvalue weighted by Gasteiger charge is 2.34. The third kappa shape index (κ3) is 3.20. The molecule has 0 aromatic heterocycles. The van der Waals surface area contributed by atoms with Crippen molar-refractivity contribution in [1.29, 1.82) is 0 Å². The second-order valence-electron chi connectivity index (χ2n) is 6.25. The molecule has 2 fully saturated rings. The Morgan fingerprint density at radius 1 is 1.10 bits per heavy atom. The SMILES string of the molecule is CSC1CCCCC1NC1CC(c2ccc(F)cc2)C1. The molecule has 0 saturated heterocycles. The molecule has 1 aromatic carbocycles. The average Bonchev–Trinajstić information content (AvgIpc) is 2.44. The molecular weight excluding hydrogens is 269 g/mol. The van der Waals surface area contributed by atoms with Gasteiger partial charge in [0, 0.05) is 17.3 Å². The summed E-state index contributed by atoms with van der Waals surface area (Å²) in [5.41, 5.74) is 1.30. The van der Waals surface area contributed by atoms with E-state index in [0.29, 0.717) is 18.0 Å². The van der Waals surface area contributed by atoms with Crippen molar-refractivity contribution in [3.05, 3.63) is 35.6 Å². The molecule has 110 valence electrons. The van der Waals surface area contributed by atoms with E-state index in [4.69, 9.17) is 0 Å². The topological polar surface area (TPSA) is 12.0 Å². The van der Waals surface area contributed by atoms with E-state index in [0.717, 1.165) is 5.25 Å². The zero-order valence-electron chi connectivity index (χ0n) is 12.1. The zero-order chi connectivity index (χ0) is 13.9. The van der Waals surface area contributed by atoms with E-state index in [-0.39, 0.29) is 5.82 Å². The molecule has 1 N–H and O–H groups in total. The summed E-state index contributed by atoms with van der Waals surface area (Å²) in [6, 6.07) is 8.44. The highest BCUT2D eigenvalue weighted by molar-refractivity contribution is 7.99. The van der Waals surface area contributed by atoms with Gasteiger partial charge in [0.05, 0.1) is 0 Å². The molecule has 2 saturated carbocycles. The fraction of sp³-hybridized carbons (Fsp3) is 0.647. The Kier molecular flexibility index (Phi) is 4.67. The third-order valence-corrected chi connectivity index (χ3v) is 6.10. The van der Waals surface area contributed by atoms with Crippen LogP contribution in [0.15, 0.2) is 24.3 Å². The van der Waals surface area contributed by atoms with E-state index in [1.54, 1.807) is 12.1 Å². The van der Waals surface area contributed by atoms with Crippen LogP contribution < -0.4 is 5.32 Å². The quantitative estimate of drug-likeness (QED) is 0.886. The Labute approximate surface area is 125 Å². The standard InChI is InChI=1S/C17H24FNS/c1-20-17-5-3-2-4-16(17)19-15-10-13(11-15)12-6-8-14(18)9-7-12/h6-9,13,15-17,19H,2-5,10-11H2,1H3. The van der Waals surface area contributed by atoms with Gasteiger partial charge in [0.15, 0.2) is 0 Å². The van der Waals surface area contributed by atoms with Crippen molar-refractivity contribution in [2.45, 2.75) is 61.8 Å². The number of halogens is 1. The fourth-order valence-electron chi connectivity index (χ4n) is 3.63. The van der Waals surface area contributed by atoms with E-state index in [9.17, 15) is 4.39 Å². The summed E-state index contributed by atoms with van der Waals surface area (Å²) in [6.45, 7) is 0. The molecule has 0 radical (unpaired) electrons. The Hall–Kier alpha value is -0.540. The first-order valence-electron chi connectivity index (χ1n) is 7.80. The van der Waals surface area contributed by atoms with Gasteiger partial charge in [-0.05, 0) is 55.6 Å². The van der Waals surface area contributed by atoms with E-state index < -0.39 is 0 Å². The Morgan fingerprint density at radius 2 is 1.80 bits per heavy atom. The van der Waals surface area contributed by atoms with Crippen molar-refractivity contribution in [2.24, 2.45) is 0 Å². The predicted molar refractivity (Wildman–Crippen MR) is 84.9 cm³/mol. The number of hydrogen-bond donors (Lipinski definition) is 1. The second kappa shape index (κ2) is 6.48. The molecule has 3 heteroatoms. The minimum absolute atomic E-state index is 0.132. The second-order valence-corrected chi connectivity index (χ2v) is 7.33. The van der Waals surface area contributed by atoms with Gasteiger partial charge in [0.1, 0.15) is 5.82 Å². The van der Waals surface area contributed by atoms with Crippen molar-refractivity contribution in [2.75, 3.05) is 6.26 Å². The van der Waals surface area contributed by atoms with Gasteiger partial charge in [-0.25, -0.2) is 4.39 Å². The van der Waals surface area contributed by atoms with Crippen molar-refractivity contribution >= 4 is 11.8 Å². The fourth-order valence-corrected chi connectivity index (χ4v) is 4.58. The number of nitrogens with one attached hydrogen (secondary N) is 1. The van der Waals surface area contributed by atoms with E-state index in [2.05, 4.69) is 11.6 Å². The van der Waals surface area contributed by atoms with Crippen LogP contribution in [0, 0.1) is 5.82 Å². The molecule has 3 rings (SSSR count). The lowest BCUT2D eigenvalue weighted by Gasteiger charge is -2.41. The summed E-state index contributed by atoms with van der Waals surface area (Å²) in [5, 5.41) is 4.67. The lowest BCUT2D eigenvalue weighted by molar-refractivity contribution is 0.242. The van der Waals surface area contributed by atoms with E-state index in [1.807, 2.05) is 23.9 Å². The summed E-state index contributed by atoms with van der Waals surface area (Å²) in [5.74, 6) is 0.497. The molecule has 0 heterocycles. The summed E-state index contributed by atoms with van der Waals surface area (Å²) in [6.07, 6.45) is 10.1.